The van der Waals surface area contributed by atoms with Gasteiger partial charge >= 0.3 is 11.9 Å². The highest BCUT2D eigenvalue weighted by Gasteiger charge is 2.12. The number of carboxylic acid groups (broad SMARTS) is 2. The number of rotatable bonds is 4. The van der Waals surface area contributed by atoms with Crippen molar-refractivity contribution in [3.05, 3.63) is 77.6 Å². The van der Waals surface area contributed by atoms with Crippen molar-refractivity contribution >= 4 is 11.9 Å². The van der Waals surface area contributed by atoms with Crippen molar-refractivity contribution in [1.82, 2.24) is 4.57 Å². The Kier molecular flexibility index (Phi) is 4.06. The molecule has 2 aromatic carbocycles. The third kappa shape index (κ3) is 3.12. The van der Waals surface area contributed by atoms with E-state index in [1.54, 1.807) is 41.2 Å². The summed E-state index contributed by atoms with van der Waals surface area (Å²) in [5.41, 5.74) is 2.63. The molecule has 0 fully saturated rings. The Labute approximate surface area is 142 Å². The quantitative estimate of drug-likeness (QED) is 0.762. The number of carbonyl (C=O) groups is 2. The van der Waals surface area contributed by atoms with Gasteiger partial charge in [0.15, 0.2) is 0 Å². The molecule has 2 N–H and O–H groups in total. The summed E-state index contributed by atoms with van der Waals surface area (Å²) in [5.74, 6) is -2.05. The Morgan fingerprint density at radius 3 is 2.20 bits per heavy atom. The van der Waals surface area contributed by atoms with Gasteiger partial charge in [0.25, 0.3) is 0 Å². The molecule has 122 valence electrons. The molecule has 6 nitrogen and oxygen atoms in total. The van der Waals surface area contributed by atoms with Crippen molar-refractivity contribution in [2.75, 3.05) is 0 Å². The molecule has 0 unspecified atom stereocenters. The van der Waals surface area contributed by atoms with Crippen LogP contribution >= 0.6 is 0 Å². The van der Waals surface area contributed by atoms with Crippen LogP contribution in [0.2, 0.25) is 0 Å². The molecule has 0 radical (unpaired) electrons. The number of carboxylic acids is 2. The standard InChI is InChI=1S/C19H12N2O4/c20-9-15-10-21(16-6-4-12(5-7-16)18(22)23)11-17(15)13-2-1-3-14(8-13)19(24)25/h1-8,10-11H,(H,22,23)(H,24,25). The van der Waals surface area contributed by atoms with Crippen LogP contribution in [0, 0.1) is 11.3 Å². The molecule has 6 heteroatoms. The van der Waals surface area contributed by atoms with E-state index in [0.29, 0.717) is 22.4 Å². The van der Waals surface area contributed by atoms with E-state index in [-0.39, 0.29) is 11.1 Å². The number of nitrogens with zero attached hydrogens (tertiary/aromatic N) is 2. The average Bonchev–Trinajstić information content (AvgIpc) is 3.06. The SMILES string of the molecule is N#Cc1cn(-c2ccc(C(=O)O)cc2)cc1-c1cccc(C(=O)O)c1. The minimum absolute atomic E-state index is 0.139. The molecule has 3 rings (SSSR count). The normalized spacial score (nSPS) is 10.2. The lowest BCUT2D eigenvalue weighted by Crippen LogP contribution is -1.97. The first-order valence-electron chi connectivity index (χ1n) is 7.29. The van der Waals surface area contributed by atoms with E-state index in [9.17, 15) is 14.9 Å². The molecule has 0 saturated carbocycles. The van der Waals surface area contributed by atoms with E-state index in [1.807, 2.05) is 0 Å². The topological polar surface area (TPSA) is 103 Å². The lowest BCUT2D eigenvalue weighted by Gasteiger charge is -2.03. The smallest absolute Gasteiger partial charge is 0.335 e. The fourth-order valence-electron chi connectivity index (χ4n) is 2.52. The van der Waals surface area contributed by atoms with Gasteiger partial charge in [0, 0.05) is 23.6 Å². The van der Waals surface area contributed by atoms with Crippen molar-refractivity contribution in [3.63, 3.8) is 0 Å². The highest BCUT2D eigenvalue weighted by atomic mass is 16.4. The Hall–Kier alpha value is -3.85. The van der Waals surface area contributed by atoms with Crippen LogP contribution in [0.4, 0.5) is 0 Å². The van der Waals surface area contributed by atoms with E-state index < -0.39 is 11.9 Å². The van der Waals surface area contributed by atoms with Gasteiger partial charge < -0.3 is 14.8 Å². The molecule has 3 aromatic rings. The summed E-state index contributed by atoms with van der Waals surface area (Å²) in [5, 5.41) is 27.5. The second-order valence-corrected chi connectivity index (χ2v) is 5.34. The Morgan fingerprint density at radius 2 is 1.60 bits per heavy atom. The molecule has 0 aliphatic rings. The summed E-state index contributed by atoms with van der Waals surface area (Å²) < 4.78 is 1.70. The number of aromatic nitrogens is 1. The fraction of sp³-hybridized carbons (Fsp3) is 0. The maximum Gasteiger partial charge on any atom is 0.335 e. The van der Waals surface area contributed by atoms with Gasteiger partial charge in [-0.25, -0.2) is 9.59 Å². The molecule has 0 saturated heterocycles. The van der Waals surface area contributed by atoms with Crippen molar-refractivity contribution < 1.29 is 19.8 Å². The second kappa shape index (κ2) is 6.34. The van der Waals surface area contributed by atoms with Gasteiger partial charge in [-0.1, -0.05) is 12.1 Å². The molecule has 0 bridgehead atoms. The van der Waals surface area contributed by atoms with Crippen LogP contribution in [-0.4, -0.2) is 26.7 Å². The summed E-state index contributed by atoms with van der Waals surface area (Å²) in [6, 6.07) is 14.7. The molecule has 0 aliphatic carbocycles. The first-order valence-corrected chi connectivity index (χ1v) is 7.29. The van der Waals surface area contributed by atoms with E-state index in [1.165, 1.54) is 24.3 Å². The lowest BCUT2D eigenvalue weighted by molar-refractivity contribution is 0.0686. The Morgan fingerprint density at radius 1 is 0.920 bits per heavy atom. The fourth-order valence-corrected chi connectivity index (χ4v) is 2.52. The third-order valence-corrected chi connectivity index (χ3v) is 3.78. The number of nitriles is 1. The first kappa shape index (κ1) is 16.0. The van der Waals surface area contributed by atoms with Gasteiger partial charge in [-0.3, -0.25) is 0 Å². The van der Waals surface area contributed by atoms with Crippen LogP contribution in [0.25, 0.3) is 16.8 Å². The molecule has 0 aliphatic heterocycles. The zero-order valence-corrected chi connectivity index (χ0v) is 12.9. The van der Waals surface area contributed by atoms with Crippen molar-refractivity contribution in [3.8, 4) is 22.9 Å². The molecular weight excluding hydrogens is 320 g/mol. The van der Waals surface area contributed by atoms with Crippen LogP contribution in [0.1, 0.15) is 26.3 Å². The summed E-state index contributed by atoms with van der Waals surface area (Å²) in [4.78, 5) is 22.1. The molecule has 0 spiro atoms. The predicted octanol–water partition coefficient (Wildman–Crippen LogP) is 3.41. The van der Waals surface area contributed by atoms with Gasteiger partial charge in [-0.05, 0) is 42.0 Å². The van der Waals surface area contributed by atoms with Gasteiger partial charge in [0.2, 0.25) is 0 Å². The van der Waals surface area contributed by atoms with Crippen molar-refractivity contribution in [1.29, 1.82) is 5.26 Å². The largest absolute Gasteiger partial charge is 0.478 e. The highest BCUT2D eigenvalue weighted by Crippen LogP contribution is 2.27. The van der Waals surface area contributed by atoms with Crippen LogP contribution in [0.3, 0.4) is 0 Å². The minimum atomic E-state index is -1.04. The van der Waals surface area contributed by atoms with Gasteiger partial charge in [0.05, 0.1) is 16.7 Å². The Bertz CT molecular complexity index is 1010. The summed E-state index contributed by atoms with van der Waals surface area (Å²) in [6.07, 6.45) is 3.34. The van der Waals surface area contributed by atoms with E-state index in [0.717, 1.165) is 0 Å². The molecule has 0 amide bonds. The number of hydrogen-bond acceptors (Lipinski definition) is 3. The summed E-state index contributed by atoms with van der Waals surface area (Å²) in [6.45, 7) is 0. The van der Waals surface area contributed by atoms with E-state index in [4.69, 9.17) is 10.2 Å². The third-order valence-electron chi connectivity index (χ3n) is 3.78. The van der Waals surface area contributed by atoms with Crippen molar-refractivity contribution in [2.24, 2.45) is 0 Å². The van der Waals surface area contributed by atoms with Crippen LogP contribution in [0.5, 0.6) is 0 Å². The molecular formula is C19H12N2O4. The number of aromatic carboxylic acids is 2. The predicted molar refractivity (Wildman–Crippen MR) is 89.8 cm³/mol. The zero-order valence-electron chi connectivity index (χ0n) is 12.9. The summed E-state index contributed by atoms with van der Waals surface area (Å²) >= 11 is 0. The Balaban J connectivity index is 2.06. The first-order chi connectivity index (χ1) is 12.0. The second-order valence-electron chi connectivity index (χ2n) is 5.34. The van der Waals surface area contributed by atoms with Gasteiger partial charge in [0.1, 0.15) is 6.07 Å². The zero-order chi connectivity index (χ0) is 18.0. The maximum absolute atomic E-state index is 11.1. The molecule has 0 atom stereocenters. The van der Waals surface area contributed by atoms with Crippen LogP contribution in [-0.2, 0) is 0 Å². The maximum atomic E-state index is 11.1. The summed E-state index contributed by atoms with van der Waals surface area (Å²) in [7, 11) is 0. The number of benzene rings is 2. The number of hydrogen-bond donors (Lipinski definition) is 2. The molecule has 1 heterocycles. The average molecular weight is 332 g/mol. The molecule has 25 heavy (non-hydrogen) atoms. The van der Waals surface area contributed by atoms with Crippen LogP contribution < -0.4 is 0 Å². The molecule has 1 aromatic heterocycles. The van der Waals surface area contributed by atoms with Crippen molar-refractivity contribution in [2.45, 2.75) is 0 Å². The highest BCUT2D eigenvalue weighted by molar-refractivity contribution is 5.90. The van der Waals surface area contributed by atoms with E-state index >= 15 is 0 Å². The lowest BCUT2D eigenvalue weighted by atomic mass is 10.0. The van der Waals surface area contributed by atoms with Crippen LogP contribution in [0.15, 0.2) is 60.9 Å². The van der Waals surface area contributed by atoms with Gasteiger partial charge in [-0.15, -0.1) is 0 Å². The van der Waals surface area contributed by atoms with Gasteiger partial charge in [-0.2, -0.15) is 5.26 Å². The monoisotopic (exact) mass is 332 g/mol. The minimum Gasteiger partial charge on any atom is -0.478 e. The van der Waals surface area contributed by atoms with E-state index in [2.05, 4.69) is 6.07 Å².